The van der Waals surface area contributed by atoms with Gasteiger partial charge in [-0.1, -0.05) is 26.0 Å². The molecule has 2 nitrogen and oxygen atoms in total. The van der Waals surface area contributed by atoms with Crippen molar-refractivity contribution >= 4 is 5.69 Å². The van der Waals surface area contributed by atoms with Gasteiger partial charge in [-0.15, -0.1) is 0 Å². The second-order valence-electron chi connectivity index (χ2n) is 4.91. The Bertz CT molecular complexity index is 386. The molecule has 0 aromatic heterocycles. The maximum absolute atomic E-state index is 9.43. The van der Waals surface area contributed by atoms with Crippen molar-refractivity contribution in [3.8, 4) is 0 Å². The van der Waals surface area contributed by atoms with Crippen molar-refractivity contribution in [1.29, 1.82) is 0 Å². The quantitative estimate of drug-likeness (QED) is 0.752. The summed E-state index contributed by atoms with van der Waals surface area (Å²) in [6.07, 6.45) is 0. The van der Waals surface area contributed by atoms with Gasteiger partial charge < -0.3 is 10.4 Å². The predicted octanol–water partition coefficient (Wildman–Crippen LogP) is 4.46. The maximum Gasteiger partial charge on any atom is 0.0901 e. The molecule has 0 aliphatic rings. The second kappa shape index (κ2) is 5.76. The Labute approximate surface area is 104 Å². The molecule has 94 valence electrons. The third-order valence-electron chi connectivity index (χ3n) is 3.18. The van der Waals surface area contributed by atoms with E-state index >= 15 is 0 Å². The number of hydrogen-bond donors (Lipinski definition) is 2. The number of allylic oxidation sites excluding steroid dienone is 1. The van der Waals surface area contributed by atoms with Crippen LogP contribution in [0.25, 0.3) is 0 Å². The van der Waals surface area contributed by atoms with Crippen molar-refractivity contribution in [3.05, 3.63) is 41.2 Å². The van der Waals surface area contributed by atoms with Crippen molar-refractivity contribution in [1.82, 2.24) is 0 Å². The van der Waals surface area contributed by atoms with Crippen LogP contribution < -0.4 is 5.32 Å². The van der Waals surface area contributed by atoms with Crippen LogP contribution in [0.15, 0.2) is 35.6 Å². The molecule has 0 saturated carbocycles. The van der Waals surface area contributed by atoms with Crippen molar-refractivity contribution < 1.29 is 5.11 Å². The van der Waals surface area contributed by atoms with Crippen LogP contribution in [-0.2, 0) is 0 Å². The number of aliphatic hydroxyl groups is 1. The largest absolute Gasteiger partial charge is 0.513 e. The molecule has 1 aromatic rings. The number of hydrogen-bond acceptors (Lipinski definition) is 2. The van der Waals surface area contributed by atoms with Crippen molar-refractivity contribution in [2.75, 3.05) is 5.32 Å². The Balaban J connectivity index is 2.73. The Kier molecular flexibility index (Phi) is 4.62. The van der Waals surface area contributed by atoms with Gasteiger partial charge in [0.2, 0.25) is 0 Å². The highest BCUT2D eigenvalue weighted by Crippen LogP contribution is 2.19. The summed E-state index contributed by atoms with van der Waals surface area (Å²) in [4.78, 5) is 0. The van der Waals surface area contributed by atoms with Crippen LogP contribution in [0.4, 0.5) is 5.69 Å². The summed E-state index contributed by atoms with van der Waals surface area (Å²) < 4.78 is 0. The molecule has 1 atom stereocenters. The predicted molar refractivity (Wildman–Crippen MR) is 74.6 cm³/mol. The van der Waals surface area contributed by atoms with Crippen LogP contribution in [0.1, 0.15) is 46.1 Å². The number of rotatable bonds is 4. The molecule has 0 bridgehead atoms. The SMILES string of the molecule is C/C(O)=C(/C)[C@H](C)Nc1ccc(C(C)C)cc1. The third kappa shape index (κ3) is 3.81. The van der Waals surface area contributed by atoms with Gasteiger partial charge in [-0.05, 0) is 50.0 Å². The average Bonchev–Trinajstić information content (AvgIpc) is 2.28. The van der Waals surface area contributed by atoms with Crippen molar-refractivity contribution in [2.45, 2.75) is 46.6 Å². The molecule has 1 aromatic carbocycles. The number of nitrogens with one attached hydrogen (secondary N) is 1. The zero-order chi connectivity index (χ0) is 13.0. The summed E-state index contributed by atoms with van der Waals surface area (Å²) in [6, 6.07) is 8.61. The molecule has 0 radical (unpaired) electrons. The smallest absolute Gasteiger partial charge is 0.0901 e. The molecule has 0 amide bonds. The van der Waals surface area contributed by atoms with Crippen LogP contribution in [0.5, 0.6) is 0 Å². The van der Waals surface area contributed by atoms with Gasteiger partial charge in [0.15, 0.2) is 0 Å². The summed E-state index contributed by atoms with van der Waals surface area (Å²) in [5, 5.41) is 12.8. The first-order valence-electron chi connectivity index (χ1n) is 6.14. The molecule has 0 spiro atoms. The Morgan fingerprint density at radius 1 is 1.06 bits per heavy atom. The van der Waals surface area contributed by atoms with Crippen LogP contribution in [0.3, 0.4) is 0 Å². The lowest BCUT2D eigenvalue weighted by atomic mass is 10.0. The van der Waals surface area contributed by atoms with E-state index in [2.05, 4.69) is 43.4 Å². The van der Waals surface area contributed by atoms with Crippen LogP contribution in [0, 0.1) is 0 Å². The van der Waals surface area contributed by atoms with Crippen molar-refractivity contribution in [3.63, 3.8) is 0 Å². The molecule has 2 N–H and O–H groups in total. The first kappa shape index (κ1) is 13.6. The van der Waals surface area contributed by atoms with Crippen molar-refractivity contribution in [2.24, 2.45) is 0 Å². The highest BCUT2D eigenvalue weighted by molar-refractivity contribution is 5.47. The molecule has 0 unspecified atom stereocenters. The normalized spacial score (nSPS) is 14.5. The summed E-state index contributed by atoms with van der Waals surface area (Å²) in [6.45, 7) is 10.1. The van der Waals surface area contributed by atoms with E-state index < -0.39 is 0 Å². The Morgan fingerprint density at radius 2 is 1.59 bits per heavy atom. The molecule has 0 aliphatic carbocycles. The van der Waals surface area contributed by atoms with Gasteiger partial charge >= 0.3 is 0 Å². The van der Waals surface area contributed by atoms with E-state index in [0.29, 0.717) is 11.7 Å². The monoisotopic (exact) mass is 233 g/mol. The molecule has 1 rings (SSSR count). The van der Waals surface area contributed by atoms with Crippen LogP contribution in [0.2, 0.25) is 0 Å². The summed E-state index contributed by atoms with van der Waals surface area (Å²) >= 11 is 0. The molecule has 0 saturated heterocycles. The highest BCUT2D eigenvalue weighted by Gasteiger charge is 2.07. The minimum atomic E-state index is 0.143. The van der Waals surface area contributed by atoms with Gasteiger partial charge in [0, 0.05) is 11.7 Å². The zero-order valence-electron chi connectivity index (χ0n) is 11.4. The minimum absolute atomic E-state index is 0.143. The van der Waals surface area contributed by atoms with E-state index in [1.807, 2.05) is 13.8 Å². The Hall–Kier alpha value is -1.44. The highest BCUT2D eigenvalue weighted by atomic mass is 16.3. The van der Waals surface area contributed by atoms with Gasteiger partial charge in [0.25, 0.3) is 0 Å². The van der Waals surface area contributed by atoms with Gasteiger partial charge in [-0.3, -0.25) is 0 Å². The lowest BCUT2D eigenvalue weighted by molar-refractivity contribution is 0.403. The number of aliphatic hydroxyl groups excluding tert-OH is 1. The van der Waals surface area contributed by atoms with E-state index in [9.17, 15) is 5.11 Å². The lowest BCUT2D eigenvalue weighted by Gasteiger charge is -2.17. The van der Waals surface area contributed by atoms with Gasteiger partial charge in [0.1, 0.15) is 0 Å². The van der Waals surface area contributed by atoms with Gasteiger partial charge in [-0.2, -0.15) is 0 Å². The first-order chi connectivity index (χ1) is 7.91. The minimum Gasteiger partial charge on any atom is -0.513 e. The first-order valence-corrected chi connectivity index (χ1v) is 6.14. The second-order valence-corrected chi connectivity index (χ2v) is 4.91. The van der Waals surface area contributed by atoms with Gasteiger partial charge in [-0.25, -0.2) is 0 Å². The fraction of sp³-hybridized carbons (Fsp3) is 0.467. The zero-order valence-corrected chi connectivity index (χ0v) is 11.4. The third-order valence-corrected chi connectivity index (χ3v) is 3.18. The summed E-state index contributed by atoms with van der Waals surface area (Å²) in [5.74, 6) is 0.951. The fourth-order valence-electron chi connectivity index (χ4n) is 1.64. The van der Waals surface area contributed by atoms with E-state index in [1.54, 1.807) is 6.92 Å². The molecule has 0 fully saturated rings. The molecular formula is C15H23NO. The molecule has 0 heterocycles. The number of benzene rings is 1. The van der Waals surface area contributed by atoms with Gasteiger partial charge in [0.05, 0.1) is 5.76 Å². The van der Waals surface area contributed by atoms with E-state index in [4.69, 9.17) is 0 Å². The molecule has 0 aliphatic heterocycles. The van der Waals surface area contributed by atoms with Crippen LogP contribution >= 0.6 is 0 Å². The molecular weight excluding hydrogens is 210 g/mol. The Morgan fingerprint density at radius 3 is 2.00 bits per heavy atom. The molecule has 17 heavy (non-hydrogen) atoms. The van der Waals surface area contributed by atoms with Crippen LogP contribution in [-0.4, -0.2) is 11.1 Å². The number of anilines is 1. The molecule has 2 heteroatoms. The summed E-state index contributed by atoms with van der Waals surface area (Å²) in [7, 11) is 0. The average molecular weight is 233 g/mol. The van der Waals surface area contributed by atoms with E-state index in [1.165, 1.54) is 5.56 Å². The topological polar surface area (TPSA) is 32.3 Å². The fourth-order valence-corrected chi connectivity index (χ4v) is 1.64. The van der Waals surface area contributed by atoms with E-state index in [-0.39, 0.29) is 6.04 Å². The van der Waals surface area contributed by atoms with E-state index in [0.717, 1.165) is 11.3 Å². The summed E-state index contributed by atoms with van der Waals surface area (Å²) in [5.41, 5.74) is 3.40. The maximum atomic E-state index is 9.43. The standard InChI is InChI=1S/C15H23NO/c1-10(2)14-6-8-15(9-7-14)16-12(4)11(3)13(5)17/h6-10,12,16-17H,1-5H3/b13-11+/t12-/m0/s1. The lowest BCUT2D eigenvalue weighted by Crippen LogP contribution is -2.17.